The molecular formula is C22H27NO3. The fourth-order valence-corrected chi connectivity index (χ4v) is 4.99. The predicted octanol–water partition coefficient (Wildman–Crippen LogP) is 3.67. The second-order valence-electron chi connectivity index (χ2n) is 7.88. The van der Waals surface area contributed by atoms with Gasteiger partial charge < -0.3 is 14.2 Å². The lowest BCUT2D eigenvalue weighted by Crippen LogP contribution is -2.45. The van der Waals surface area contributed by atoms with Crippen LogP contribution >= 0.6 is 0 Å². The summed E-state index contributed by atoms with van der Waals surface area (Å²) in [7, 11) is 3.45. The number of ether oxygens (including phenoxy) is 3. The molecule has 26 heavy (non-hydrogen) atoms. The van der Waals surface area contributed by atoms with E-state index in [1.807, 2.05) is 0 Å². The standard InChI is InChI=1S/C22H27NO3/c1-4-23(12-13-5-6-13)16-11-14-7-9-17(24-2)21-19(14)20-15(16)8-10-18(25-3)22(20)26-21/h7-10,13,16,20,22H,4-6,11-12H2,1-3H3/t16-,20?,22+/m1/s1. The Bertz CT molecular complexity index is 793. The van der Waals surface area contributed by atoms with Gasteiger partial charge in [-0.05, 0) is 55.0 Å². The van der Waals surface area contributed by atoms with Gasteiger partial charge in [0.1, 0.15) is 5.76 Å². The van der Waals surface area contributed by atoms with Crippen molar-refractivity contribution in [1.82, 2.24) is 4.90 Å². The fourth-order valence-electron chi connectivity index (χ4n) is 4.99. The van der Waals surface area contributed by atoms with E-state index < -0.39 is 0 Å². The second-order valence-corrected chi connectivity index (χ2v) is 7.88. The summed E-state index contributed by atoms with van der Waals surface area (Å²) in [5.41, 5.74) is 4.21. The largest absolute Gasteiger partial charge is 0.497 e. The van der Waals surface area contributed by atoms with Gasteiger partial charge in [0, 0.05) is 18.2 Å². The molecular weight excluding hydrogens is 326 g/mol. The normalized spacial score (nSPS) is 28.2. The van der Waals surface area contributed by atoms with Gasteiger partial charge in [0.2, 0.25) is 0 Å². The van der Waals surface area contributed by atoms with Gasteiger partial charge in [-0.3, -0.25) is 4.90 Å². The summed E-state index contributed by atoms with van der Waals surface area (Å²) in [5, 5.41) is 0. The molecule has 4 nitrogen and oxygen atoms in total. The van der Waals surface area contributed by atoms with Crippen LogP contribution < -0.4 is 9.47 Å². The maximum Gasteiger partial charge on any atom is 0.166 e. The Hall–Kier alpha value is -1.94. The van der Waals surface area contributed by atoms with Crippen molar-refractivity contribution < 1.29 is 14.2 Å². The van der Waals surface area contributed by atoms with Crippen LogP contribution in [0.25, 0.3) is 0 Å². The zero-order valence-corrected chi connectivity index (χ0v) is 15.8. The Kier molecular flexibility index (Phi) is 3.78. The van der Waals surface area contributed by atoms with Crippen LogP contribution in [-0.2, 0) is 11.2 Å². The van der Waals surface area contributed by atoms with Crippen molar-refractivity contribution in [2.75, 3.05) is 27.3 Å². The molecule has 0 aromatic heterocycles. The van der Waals surface area contributed by atoms with Crippen LogP contribution in [0.4, 0.5) is 0 Å². The van der Waals surface area contributed by atoms with E-state index in [0.717, 1.165) is 36.1 Å². The van der Waals surface area contributed by atoms with Gasteiger partial charge in [-0.15, -0.1) is 0 Å². The maximum atomic E-state index is 6.41. The van der Waals surface area contributed by atoms with Crippen LogP contribution in [0, 0.1) is 5.92 Å². The van der Waals surface area contributed by atoms with E-state index in [2.05, 4.69) is 36.1 Å². The molecule has 0 saturated heterocycles. The van der Waals surface area contributed by atoms with Crippen molar-refractivity contribution in [1.29, 1.82) is 0 Å². The molecule has 0 N–H and O–H groups in total. The average Bonchev–Trinajstić information content (AvgIpc) is 3.41. The van der Waals surface area contributed by atoms with Crippen LogP contribution in [0.2, 0.25) is 0 Å². The SMILES string of the molecule is CCN(CC1CC1)[C@@H]1Cc2ccc(OC)c3c2C2C1=CC=C(OC)[C@@H]2O3. The molecule has 138 valence electrons. The van der Waals surface area contributed by atoms with E-state index in [1.54, 1.807) is 14.2 Å². The topological polar surface area (TPSA) is 30.9 Å². The highest BCUT2D eigenvalue weighted by atomic mass is 16.6. The van der Waals surface area contributed by atoms with E-state index in [9.17, 15) is 0 Å². The van der Waals surface area contributed by atoms with Crippen LogP contribution in [0.1, 0.15) is 36.8 Å². The second kappa shape index (κ2) is 6.05. The van der Waals surface area contributed by atoms with Crippen molar-refractivity contribution >= 4 is 0 Å². The van der Waals surface area contributed by atoms with E-state index in [1.165, 1.54) is 36.1 Å². The van der Waals surface area contributed by atoms with E-state index in [4.69, 9.17) is 14.2 Å². The monoisotopic (exact) mass is 353 g/mol. The third-order valence-electron chi connectivity index (χ3n) is 6.48. The zero-order chi connectivity index (χ0) is 17.8. The minimum absolute atomic E-state index is 0.0625. The first-order valence-corrected chi connectivity index (χ1v) is 9.81. The number of allylic oxidation sites excluding steroid dienone is 2. The summed E-state index contributed by atoms with van der Waals surface area (Å²) in [5.74, 6) is 3.81. The summed E-state index contributed by atoms with van der Waals surface area (Å²) < 4.78 is 17.6. The molecule has 1 aliphatic heterocycles. The molecule has 1 saturated carbocycles. The minimum atomic E-state index is -0.0625. The molecule has 5 rings (SSSR count). The highest BCUT2D eigenvalue weighted by Crippen LogP contribution is 2.56. The summed E-state index contributed by atoms with van der Waals surface area (Å²) in [6.45, 7) is 4.60. The van der Waals surface area contributed by atoms with Crippen LogP contribution in [0.5, 0.6) is 11.5 Å². The molecule has 4 heteroatoms. The Morgan fingerprint density at radius 1 is 1.15 bits per heavy atom. The number of rotatable bonds is 6. The smallest absolute Gasteiger partial charge is 0.166 e. The molecule has 4 aliphatic rings. The van der Waals surface area contributed by atoms with Gasteiger partial charge in [-0.2, -0.15) is 0 Å². The molecule has 0 radical (unpaired) electrons. The lowest BCUT2D eigenvalue weighted by Gasteiger charge is -2.41. The number of methoxy groups -OCH3 is 2. The first kappa shape index (κ1) is 16.2. The molecule has 1 heterocycles. The third-order valence-corrected chi connectivity index (χ3v) is 6.48. The number of hydrogen-bond donors (Lipinski definition) is 0. The molecule has 0 amide bonds. The maximum absolute atomic E-state index is 6.41. The third kappa shape index (κ3) is 2.31. The Balaban J connectivity index is 1.61. The van der Waals surface area contributed by atoms with Crippen molar-refractivity contribution in [2.24, 2.45) is 5.92 Å². The van der Waals surface area contributed by atoms with E-state index >= 15 is 0 Å². The van der Waals surface area contributed by atoms with Crippen molar-refractivity contribution in [2.45, 2.75) is 44.2 Å². The predicted molar refractivity (Wildman–Crippen MR) is 101 cm³/mol. The van der Waals surface area contributed by atoms with Gasteiger partial charge in [-0.1, -0.05) is 19.1 Å². The highest BCUT2D eigenvalue weighted by molar-refractivity contribution is 5.63. The van der Waals surface area contributed by atoms with E-state index in [-0.39, 0.29) is 12.0 Å². The lowest BCUT2D eigenvalue weighted by atomic mass is 9.72. The summed E-state index contributed by atoms with van der Waals surface area (Å²) >= 11 is 0. The van der Waals surface area contributed by atoms with Crippen molar-refractivity contribution in [3.63, 3.8) is 0 Å². The van der Waals surface area contributed by atoms with Gasteiger partial charge in [0.05, 0.1) is 20.1 Å². The zero-order valence-electron chi connectivity index (χ0n) is 15.8. The molecule has 1 aromatic carbocycles. The number of nitrogens with zero attached hydrogens (tertiary/aromatic N) is 1. The Morgan fingerprint density at radius 2 is 2.00 bits per heavy atom. The molecule has 3 atom stereocenters. The summed E-state index contributed by atoms with van der Waals surface area (Å²) in [4.78, 5) is 2.68. The highest BCUT2D eigenvalue weighted by Gasteiger charge is 2.49. The minimum Gasteiger partial charge on any atom is -0.497 e. The summed E-state index contributed by atoms with van der Waals surface area (Å²) in [6, 6.07) is 4.76. The number of benzene rings is 1. The van der Waals surface area contributed by atoms with Gasteiger partial charge in [-0.25, -0.2) is 0 Å². The molecule has 1 aromatic rings. The lowest BCUT2D eigenvalue weighted by molar-refractivity contribution is 0.138. The number of hydrogen-bond acceptors (Lipinski definition) is 4. The van der Waals surface area contributed by atoms with Gasteiger partial charge >= 0.3 is 0 Å². The summed E-state index contributed by atoms with van der Waals surface area (Å²) in [6.07, 6.45) is 8.18. The fraction of sp³-hybridized carbons (Fsp3) is 0.545. The van der Waals surface area contributed by atoms with Crippen LogP contribution in [0.15, 0.2) is 35.6 Å². The molecule has 3 aliphatic carbocycles. The van der Waals surface area contributed by atoms with Gasteiger partial charge in [0.25, 0.3) is 0 Å². The average molecular weight is 353 g/mol. The molecule has 0 bridgehead atoms. The first-order chi connectivity index (χ1) is 12.7. The van der Waals surface area contributed by atoms with Crippen molar-refractivity contribution in [3.8, 4) is 11.5 Å². The Labute approximate surface area is 155 Å². The number of likely N-dealkylation sites (N-methyl/N-ethyl adjacent to an activating group) is 1. The van der Waals surface area contributed by atoms with Crippen LogP contribution in [-0.4, -0.2) is 44.4 Å². The van der Waals surface area contributed by atoms with Crippen molar-refractivity contribution in [3.05, 3.63) is 46.7 Å². The molecule has 1 fully saturated rings. The van der Waals surface area contributed by atoms with Crippen LogP contribution in [0.3, 0.4) is 0 Å². The Morgan fingerprint density at radius 3 is 2.69 bits per heavy atom. The van der Waals surface area contributed by atoms with E-state index in [0.29, 0.717) is 6.04 Å². The molecule has 1 unspecified atom stereocenters. The first-order valence-electron chi connectivity index (χ1n) is 9.81. The van der Waals surface area contributed by atoms with Gasteiger partial charge in [0.15, 0.2) is 17.6 Å². The molecule has 0 spiro atoms. The quantitative estimate of drug-likeness (QED) is 0.781.